The lowest BCUT2D eigenvalue weighted by atomic mass is 9.98. The Morgan fingerprint density at radius 3 is 3.27 bits per heavy atom. The average Bonchev–Trinajstić information content (AvgIpc) is 2.52. The van der Waals surface area contributed by atoms with E-state index in [4.69, 9.17) is 0 Å². The summed E-state index contributed by atoms with van der Waals surface area (Å²) in [5.74, 6) is 1.00. The number of nitrogens with one attached hydrogen (secondary N) is 1. The summed E-state index contributed by atoms with van der Waals surface area (Å²) in [4.78, 5) is 2.70. The topological polar surface area (TPSA) is 15.3 Å². The second kappa shape index (κ2) is 2.20. The minimum absolute atomic E-state index is 0.873. The van der Waals surface area contributed by atoms with Gasteiger partial charge in [0.15, 0.2) is 0 Å². The van der Waals surface area contributed by atoms with Gasteiger partial charge < -0.3 is 5.32 Å². The van der Waals surface area contributed by atoms with E-state index in [0.717, 1.165) is 18.0 Å². The molecule has 3 aliphatic rings. The minimum atomic E-state index is 0.873. The molecule has 3 saturated heterocycles. The van der Waals surface area contributed by atoms with Crippen LogP contribution in [-0.2, 0) is 0 Å². The van der Waals surface area contributed by atoms with Gasteiger partial charge in [0, 0.05) is 18.6 Å². The highest BCUT2D eigenvalue weighted by molar-refractivity contribution is 5.03. The molecule has 11 heavy (non-hydrogen) atoms. The largest absolute Gasteiger partial charge is 0.312 e. The van der Waals surface area contributed by atoms with Crippen LogP contribution in [-0.4, -0.2) is 36.6 Å². The molecule has 3 aliphatic heterocycles. The van der Waals surface area contributed by atoms with Crippen molar-refractivity contribution in [3.63, 3.8) is 0 Å². The first kappa shape index (κ1) is 6.44. The fourth-order valence-corrected chi connectivity index (χ4v) is 3.22. The highest BCUT2D eigenvalue weighted by atomic mass is 15.3. The van der Waals surface area contributed by atoms with Gasteiger partial charge in [-0.15, -0.1) is 0 Å². The van der Waals surface area contributed by atoms with Crippen LogP contribution in [0.4, 0.5) is 0 Å². The molecule has 3 rings (SSSR count). The fraction of sp³-hybridized carbons (Fsp3) is 1.00. The Morgan fingerprint density at radius 1 is 1.27 bits per heavy atom. The van der Waals surface area contributed by atoms with Gasteiger partial charge in [0.1, 0.15) is 0 Å². The Balaban J connectivity index is 1.84. The first-order valence-electron chi connectivity index (χ1n) is 4.92. The van der Waals surface area contributed by atoms with E-state index in [0.29, 0.717) is 0 Å². The predicted molar refractivity (Wildman–Crippen MR) is 44.5 cm³/mol. The van der Waals surface area contributed by atoms with Crippen LogP contribution in [0.3, 0.4) is 0 Å². The van der Waals surface area contributed by atoms with E-state index < -0.39 is 0 Å². The standard InChI is InChI=1S/C9H16N2/c1-2-8-9-7(3-4-10-9)6-11(8)5-1/h7-10H,1-6H2. The maximum atomic E-state index is 3.65. The maximum Gasteiger partial charge on any atom is 0.0264 e. The van der Waals surface area contributed by atoms with Gasteiger partial charge in [0.25, 0.3) is 0 Å². The molecule has 3 unspecified atom stereocenters. The zero-order chi connectivity index (χ0) is 7.26. The van der Waals surface area contributed by atoms with Crippen LogP contribution < -0.4 is 5.32 Å². The van der Waals surface area contributed by atoms with E-state index in [1.165, 1.54) is 38.9 Å². The van der Waals surface area contributed by atoms with Crippen LogP contribution in [0, 0.1) is 5.92 Å². The van der Waals surface area contributed by atoms with Crippen LogP contribution in [0.1, 0.15) is 19.3 Å². The quantitative estimate of drug-likeness (QED) is 0.542. The van der Waals surface area contributed by atoms with Gasteiger partial charge in [-0.05, 0) is 38.3 Å². The van der Waals surface area contributed by atoms with Crippen molar-refractivity contribution in [2.75, 3.05) is 19.6 Å². The highest BCUT2D eigenvalue weighted by Gasteiger charge is 2.45. The van der Waals surface area contributed by atoms with Gasteiger partial charge in [0.2, 0.25) is 0 Å². The van der Waals surface area contributed by atoms with Crippen molar-refractivity contribution in [1.29, 1.82) is 0 Å². The second-order valence-electron chi connectivity index (χ2n) is 4.23. The lowest BCUT2D eigenvalue weighted by Crippen LogP contribution is -2.37. The normalized spacial score (nSPS) is 49.6. The molecule has 0 aromatic rings. The van der Waals surface area contributed by atoms with Gasteiger partial charge in [-0.25, -0.2) is 0 Å². The molecule has 0 bridgehead atoms. The fourth-order valence-electron chi connectivity index (χ4n) is 3.22. The second-order valence-corrected chi connectivity index (χ2v) is 4.23. The molecule has 0 radical (unpaired) electrons. The molecule has 2 heteroatoms. The zero-order valence-electron chi connectivity index (χ0n) is 6.92. The van der Waals surface area contributed by atoms with E-state index >= 15 is 0 Å². The van der Waals surface area contributed by atoms with E-state index in [1.807, 2.05) is 0 Å². The third-order valence-electron chi connectivity index (χ3n) is 3.70. The number of hydrogen-bond acceptors (Lipinski definition) is 2. The summed E-state index contributed by atoms with van der Waals surface area (Å²) in [6, 6.07) is 1.79. The Hall–Kier alpha value is -0.0800. The Kier molecular flexibility index (Phi) is 1.29. The van der Waals surface area contributed by atoms with E-state index in [9.17, 15) is 0 Å². The SMILES string of the molecule is C1CC2C3NCCC3CN2C1. The summed E-state index contributed by atoms with van der Waals surface area (Å²) in [6.45, 7) is 4.04. The molecule has 3 fully saturated rings. The van der Waals surface area contributed by atoms with Crippen molar-refractivity contribution in [2.45, 2.75) is 31.3 Å². The molecule has 0 aromatic carbocycles. The van der Waals surface area contributed by atoms with Crippen LogP contribution >= 0.6 is 0 Å². The van der Waals surface area contributed by atoms with Gasteiger partial charge in [0.05, 0.1) is 0 Å². The molecule has 62 valence electrons. The minimum Gasteiger partial charge on any atom is -0.312 e. The summed E-state index contributed by atoms with van der Waals surface area (Å²) in [7, 11) is 0. The van der Waals surface area contributed by atoms with Crippen molar-refractivity contribution in [3.8, 4) is 0 Å². The lowest BCUT2D eigenvalue weighted by molar-refractivity contribution is 0.296. The molecule has 1 N–H and O–H groups in total. The smallest absolute Gasteiger partial charge is 0.0264 e. The number of nitrogens with zero attached hydrogens (tertiary/aromatic N) is 1. The predicted octanol–water partition coefficient (Wildman–Crippen LogP) is 0.443. The van der Waals surface area contributed by atoms with Crippen LogP contribution in [0.25, 0.3) is 0 Å². The van der Waals surface area contributed by atoms with E-state index in [1.54, 1.807) is 0 Å². The molecule has 0 aliphatic carbocycles. The van der Waals surface area contributed by atoms with Gasteiger partial charge in [-0.3, -0.25) is 4.90 Å². The molecule has 0 saturated carbocycles. The van der Waals surface area contributed by atoms with E-state index in [-0.39, 0.29) is 0 Å². The van der Waals surface area contributed by atoms with Gasteiger partial charge in [-0.2, -0.15) is 0 Å². The molecular formula is C9H16N2. The van der Waals surface area contributed by atoms with Gasteiger partial charge >= 0.3 is 0 Å². The summed E-state index contributed by atoms with van der Waals surface area (Å²) >= 11 is 0. The van der Waals surface area contributed by atoms with Gasteiger partial charge in [-0.1, -0.05) is 0 Å². The number of fused-ring (bicyclic) bond motifs is 3. The first-order valence-corrected chi connectivity index (χ1v) is 4.92. The monoisotopic (exact) mass is 152 g/mol. The third kappa shape index (κ3) is 0.798. The first-order chi connectivity index (χ1) is 5.45. The maximum absolute atomic E-state index is 3.65. The molecule has 3 heterocycles. The Bertz CT molecular complexity index is 151. The Labute approximate surface area is 68.0 Å². The summed E-state index contributed by atoms with van der Waals surface area (Å²) in [5, 5.41) is 3.65. The molecule has 0 amide bonds. The zero-order valence-corrected chi connectivity index (χ0v) is 6.92. The van der Waals surface area contributed by atoms with Crippen molar-refractivity contribution < 1.29 is 0 Å². The Morgan fingerprint density at radius 2 is 2.27 bits per heavy atom. The number of rotatable bonds is 0. The van der Waals surface area contributed by atoms with Crippen LogP contribution in [0.15, 0.2) is 0 Å². The molecular weight excluding hydrogens is 136 g/mol. The average molecular weight is 152 g/mol. The number of hydrogen-bond donors (Lipinski definition) is 1. The van der Waals surface area contributed by atoms with Crippen molar-refractivity contribution in [1.82, 2.24) is 10.2 Å². The summed E-state index contributed by atoms with van der Waals surface area (Å²) in [5.41, 5.74) is 0. The molecule has 0 aromatic heterocycles. The molecule has 2 nitrogen and oxygen atoms in total. The summed E-state index contributed by atoms with van der Waals surface area (Å²) < 4.78 is 0. The summed E-state index contributed by atoms with van der Waals surface area (Å²) in [6.07, 6.45) is 4.32. The molecule has 0 spiro atoms. The van der Waals surface area contributed by atoms with Crippen molar-refractivity contribution >= 4 is 0 Å². The molecule has 3 atom stereocenters. The van der Waals surface area contributed by atoms with Crippen molar-refractivity contribution in [3.05, 3.63) is 0 Å². The third-order valence-corrected chi connectivity index (χ3v) is 3.70. The van der Waals surface area contributed by atoms with Crippen molar-refractivity contribution in [2.24, 2.45) is 5.92 Å². The highest BCUT2D eigenvalue weighted by Crippen LogP contribution is 2.35. The van der Waals surface area contributed by atoms with Crippen LogP contribution in [0.2, 0.25) is 0 Å². The van der Waals surface area contributed by atoms with Crippen LogP contribution in [0.5, 0.6) is 0 Å². The van der Waals surface area contributed by atoms with E-state index in [2.05, 4.69) is 10.2 Å². The lowest BCUT2D eigenvalue weighted by Gasteiger charge is -2.18.